The number of aromatic nitrogens is 4. The van der Waals surface area contributed by atoms with Crippen LogP contribution in [-0.4, -0.2) is 51.8 Å². The van der Waals surface area contributed by atoms with Gasteiger partial charge in [0.25, 0.3) is 5.91 Å². The molecule has 0 bridgehead atoms. The number of hydrogen-bond donors (Lipinski definition) is 2. The molecule has 0 spiro atoms. The van der Waals surface area contributed by atoms with Gasteiger partial charge in [-0.15, -0.1) is 0 Å². The second-order valence-corrected chi connectivity index (χ2v) is 7.15. The van der Waals surface area contributed by atoms with E-state index < -0.39 is 0 Å². The zero-order chi connectivity index (χ0) is 20.2. The fourth-order valence-corrected chi connectivity index (χ4v) is 3.76. The second kappa shape index (κ2) is 8.42. The highest BCUT2D eigenvalue weighted by atomic mass is 19.1. The highest BCUT2D eigenvalue weighted by Gasteiger charge is 2.30. The van der Waals surface area contributed by atoms with Crippen molar-refractivity contribution in [2.24, 2.45) is 5.92 Å². The summed E-state index contributed by atoms with van der Waals surface area (Å²) in [7, 11) is 0. The molecule has 0 saturated carbocycles. The molecule has 0 radical (unpaired) electrons. The molecular formula is C20H23FN6O2. The highest BCUT2D eigenvalue weighted by molar-refractivity contribution is 5.86. The summed E-state index contributed by atoms with van der Waals surface area (Å²) in [6, 6.07) is 5.70. The molecule has 1 aliphatic rings. The van der Waals surface area contributed by atoms with Crippen LogP contribution in [0.3, 0.4) is 0 Å². The zero-order valence-electron chi connectivity index (χ0n) is 16.1. The minimum atomic E-state index is -0.337. The van der Waals surface area contributed by atoms with E-state index in [-0.39, 0.29) is 30.3 Å². The van der Waals surface area contributed by atoms with Crippen LogP contribution in [0.4, 0.5) is 10.2 Å². The minimum absolute atomic E-state index is 0.0715. The number of piperidine rings is 1. The summed E-state index contributed by atoms with van der Waals surface area (Å²) in [5.74, 6) is 1.11. The van der Waals surface area contributed by atoms with E-state index in [4.69, 9.17) is 4.74 Å². The Kier molecular flexibility index (Phi) is 5.55. The molecule has 29 heavy (non-hydrogen) atoms. The number of carbonyl (C=O) groups is 1. The molecular weight excluding hydrogens is 375 g/mol. The molecule has 8 nitrogen and oxygen atoms in total. The summed E-state index contributed by atoms with van der Waals surface area (Å²) in [5, 5.41) is 10.9. The Bertz CT molecular complexity index is 977. The Labute approximate surface area is 167 Å². The first kappa shape index (κ1) is 19.1. The summed E-state index contributed by atoms with van der Waals surface area (Å²) in [5.41, 5.74) is 0.719. The standard InChI is InChI=1S/C20H23FN6O2/c1-2-13-10-27(20-16-9-24-26-19(16)22-12-23-20)8-7-17(13)25-18(28)11-29-15-5-3-14(21)4-6-15/h3-6,9,12-13,17H,2,7-8,10-11H2,1H3,(H,25,28)(H,22,23,24,26)/t13-,17+/m1/s1. The number of rotatable bonds is 6. The lowest BCUT2D eigenvalue weighted by Crippen LogP contribution is -2.52. The van der Waals surface area contributed by atoms with Gasteiger partial charge in [0.15, 0.2) is 12.3 Å². The molecule has 1 aliphatic heterocycles. The van der Waals surface area contributed by atoms with Crippen molar-refractivity contribution >= 4 is 22.8 Å². The zero-order valence-corrected chi connectivity index (χ0v) is 16.1. The molecule has 2 aromatic heterocycles. The number of hydrogen-bond acceptors (Lipinski definition) is 6. The molecule has 4 rings (SSSR count). The summed E-state index contributed by atoms with van der Waals surface area (Å²) in [4.78, 5) is 23.2. The molecule has 3 aromatic rings. The molecule has 9 heteroatoms. The van der Waals surface area contributed by atoms with Crippen LogP contribution in [0.15, 0.2) is 36.8 Å². The molecule has 2 atom stereocenters. The van der Waals surface area contributed by atoms with Gasteiger partial charge in [-0.1, -0.05) is 6.92 Å². The van der Waals surface area contributed by atoms with Gasteiger partial charge in [0.2, 0.25) is 0 Å². The van der Waals surface area contributed by atoms with Gasteiger partial charge in [0, 0.05) is 19.1 Å². The summed E-state index contributed by atoms with van der Waals surface area (Å²) >= 11 is 0. The number of H-pyrrole nitrogens is 1. The van der Waals surface area contributed by atoms with Crippen LogP contribution >= 0.6 is 0 Å². The number of fused-ring (bicyclic) bond motifs is 1. The van der Waals surface area contributed by atoms with E-state index in [2.05, 4.69) is 37.3 Å². The van der Waals surface area contributed by atoms with E-state index in [1.54, 1.807) is 6.20 Å². The van der Waals surface area contributed by atoms with Crippen molar-refractivity contribution in [3.05, 3.63) is 42.6 Å². The number of ether oxygens (including phenoxy) is 1. The Morgan fingerprint density at radius 3 is 2.97 bits per heavy atom. The maximum Gasteiger partial charge on any atom is 0.258 e. The Morgan fingerprint density at radius 1 is 1.34 bits per heavy atom. The SMILES string of the molecule is CC[C@@H]1CN(c2ncnc3[nH]ncc23)CC[C@@H]1NC(=O)COc1ccc(F)cc1. The van der Waals surface area contributed by atoms with Crippen molar-refractivity contribution in [2.45, 2.75) is 25.8 Å². The Hall–Kier alpha value is -3.23. The lowest BCUT2D eigenvalue weighted by molar-refractivity contribution is -0.124. The normalized spacial score (nSPS) is 19.3. The largest absolute Gasteiger partial charge is 0.484 e. The van der Waals surface area contributed by atoms with E-state index in [0.717, 1.165) is 42.8 Å². The maximum absolute atomic E-state index is 12.9. The van der Waals surface area contributed by atoms with Crippen LogP contribution in [0, 0.1) is 11.7 Å². The molecule has 3 heterocycles. The van der Waals surface area contributed by atoms with Crippen molar-refractivity contribution in [3.8, 4) is 5.75 Å². The number of nitrogens with zero attached hydrogens (tertiary/aromatic N) is 4. The number of halogens is 1. The Balaban J connectivity index is 1.35. The first-order chi connectivity index (χ1) is 14.1. The van der Waals surface area contributed by atoms with Crippen molar-refractivity contribution in [1.29, 1.82) is 0 Å². The Morgan fingerprint density at radius 2 is 2.17 bits per heavy atom. The predicted molar refractivity (Wildman–Crippen MR) is 106 cm³/mol. The fraction of sp³-hybridized carbons (Fsp3) is 0.400. The molecule has 1 saturated heterocycles. The van der Waals surface area contributed by atoms with Gasteiger partial charge >= 0.3 is 0 Å². The molecule has 0 aliphatic carbocycles. The number of carbonyl (C=O) groups excluding carboxylic acids is 1. The molecule has 1 fully saturated rings. The molecule has 1 amide bonds. The third-order valence-corrected chi connectivity index (χ3v) is 5.31. The highest BCUT2D eigenvalue weighted by Crippen LogP contribution is 2.28. The van der Waals surface area contributed by atoms with Gasteiger partial charge in [-0.05, 0) is 43.0 Å². The van der Waals surface area contributed by atoms with Gasteiger partial charge in [-0.2, -0.15) is 5.10 Å². The van der Waals surface area contributed by atoms with Crippen LogP contribution < -0.4 is 15.0 Å². The van der Waals surface area contributed by atoms with Gasteiger partial charge in [-0.3, -0.25) is 9.89 Å². The summed E-state index contributed by atoms with van der Waals surface area (Å²) < 4.78 is 18.4. The monoisotopic (exact) mass is 398 g/mol. The molecule has 152 valence electrons. The molecule has 0 unspecified atom stereocenters. The maximum atomic E-state index is 12.9. The van der Waals surface area contributed by atoms with Gasteiger partial charge in [0.1, 0.15) is 23.7 Å². The predicted octanol–water partition coefficient (Wildman–Crippen LogP) is 2.29. The van der Waals surface area contributed by atoms with E-state index in [9.17, 15) is 9.18 Å². The number of aromatic amines is 1. The van der Waals surface area contributed by atoms with Crippen LogP contribution in [0.25, 0.3) is 11.0 Å². The van der Waals surface area contributed by atoms with Crippen molar-refractivity contribution in [2.75, 3.05) is 24.6 Å². The van der Waals surface area contributed by atoms with Crippen LogP contribution in [0.1, 0.15) is 19.8 Å². The smallest absolute Gasteiger partial charge is 0.258 e. The summed E-state index contributed by atoms with van der Waals surface area (Å²) in [6.07, 6.45) is 5.02. The van der Waals surface area contributed by atoms with Crippen molar-refractivity contribution in [1.82, 2.24) is 25.5 Å². The van der Waals surface area contributed by atoms with Gasteiger partial charge < -0.3 is 15.0 Å². The second-order valence-electron chi connectivity index (χ2n) is 7.15. The molecule has 1 aromatic carbocycles. The number of amides is 1. The van der Waals surface area contributed by atoms with Gasteiger partial charge in [0.05, 0.1) is 11.6 Å². The first-order valence-corrected chi connectivity index (χ1v) is 9.70. The third kappa shape index (κ3) is 4.28. The van der Waals surface area contributed by atoms with E-state index >= 15 is 0 Å². The average molecular weight is 398 g/mol. The minimum Gasteiger partial charge on any atom is -0.484 e. The van der Waals surface area contributed by atoms with Crippen LogP contribution in [-0.2, 0) is 4.79 Å². The van der Waals surface area contributed by atoms with Crippen molar-refractivity contribution < 1.29 is 13.9 Å². The summed E-state index contributed by atoms with van der Waals surface area (Å²) in [6.45, 7) is 3.59. The van der Waals surface area contributed by atoms with E-state index in [1.807, 2.05) is 0 Å². The topological polar surface area (TPSA) is 96.0 Å². The number of nitrogens with one attached hydrogen (secondary N) is 2. The van der Waals surface area contributed by atoms with Crippen LogP contribution in [0.2, 0.25) is 0 Å². The number of benzene rings is 1. The quantitative estimate of drug-likeness (QED) is 0.661. The molecule has 2 N–H and O–H groups in total. The average Bonchev–Trinajstić information content (AvgIpc) is 3.22. The fourth-order valence-electron chi connectivity index (χ4n) is 3.76. The van der Waals surface area contributed by atoms with Crippen LogP contribution in [0.5, 0.6) is 5.75 Å². The first-order valence-electron chi connectivity index (χ1n) is 9.70. The third-order valence-electron chi connectivity index (χ3n) is 5.31. The van der Waals surface area contributed by atoms with E-state index in [0.29, 0.717) is 5.75 Å². The lowest BCUT2D eigenvalue weighted by atomic mass is 9.89. The van der Waals surface area contributed by atoms with Crippen molar-refractivity contribution in [3.63, 3.8) is 0 Å². The van der Waals surface area contributed by atoms with E-state index in [1.165, 1.54) is 30.6 Å². The van der Waals surface area contributed by atoms with Gasteiger partial charge in [-0.25, -0.2) is 14.4 Å². The lowest BCUT2D eigenvalue weighted by Gasteiger charge is -2.39. The number of anilines is 1.